The molecule has 0 aromatic heterocycles. The van der Waals surface area contributed by atoms with E-state index in [9.17, 15) is 4.79 Å². The molecule has 1 unspecified atom stereocenters. The van der Waals surface area contributed by atoms with E-state index >= 15 is 0 Å². The Bertz CT molecular complexity index is 763. The summed E-state index contributed by atoms with van der Waals surface area (Å²) in [6, 6.07) is 11.3. The standard InChI is InChI=1S/C20H22O5/c1-13-6-8-15(20(21)23-3)16(11-13)14-7-9-17(22-2)18(12-14)25-19-5-4-10-24-19/h6-9,11-12,19H,4-5,10H2,1-3H3. The molecule has 1 heterocycles. The lowest BCUT2D eigenvalue weighted by atomic mass is 9.97. The fraction of sp³-hybridized carbons (Fsp3) is 0.350. The van der Waals surface area contributed by atoms with Gasteiger partial charge in [-0.1, -0.05) is 23.8 Å². The number of rotatable bonds is 5. The highest BCUT2D eigenvalue weighted by molar-refractivity contribution is 5.97. The van der Waals surface area contributed by atoms with E-state index in [1.54, 1.807) is 13.2 Å². The molecular formula is C20H22O5. The van der Waals surface area contributed by atoms with E-state index in [0.29, 0.717) is 23.7 Å². The van der Waals surface area contributed by atoms with E-state index in [-0.39, 0.29) is 12.3 Å². The first-order valence-corrected chi connectivity index (χ1v) is 8.28. The maximum atomic E-state index is 12.1. The molecule has 0 aliphatic carbocycles. The summed E-state index contributed by atoms with van der Waals surface area (Å²) in [4.78, 5) is 12.1. The number of aryl methyl sites for hydroxylation is 1. The van der Waals surface area contributed by atoms with Crippen molar-refractivity contribution >= 4 is 5.97 Å². The Morgan fingerprint density at radius 1 is 1.12 bits per heavy atom. The molecular weight excluding hydrogens is 320 g/mol. The summed E-state index contributed by atoms with van der Waals surface area (Å²) in [5, 5.41) is 0. The van der Waals surface area contributed by atoms with Gasteiger partial charge < -0.3 is 18.9 Å². The zero-order chi connectivity index (χ0) is 17.8. The molecule has 5 nitrogen and oxygen atoms in total. The Labute approximate surface area is 147 Å². The van der Waals surface area contributed by atoms with Crippen LogP contribution in [0, 0.1) is 6.92 Å². The van der Waals surface area contributed by atoms with Crippen LogP contribution in [0.25, 0.3) is 11.1 Å². The van der Waals surface area contributed by atoms with Crippen LogP contribution < -0.4 is 9.47 Å². The summed E-state index contributed by atoms with van der Waals surface area (Å²) in [5.41, 5.74) is 3.23. The topological polar surface area (TPSA) is 54.0 Å². The Morgan fingerprint density at radius 3 is 2.64 bits per heavy atom. The third-order valence-electron chi connectivity index (χ3n) is 4.20. The lowest BCUT2D eigenvalue weighted by molar-refractivity contribution is -0.0402. The number of benzene rings is 2. The molecule has 1 atom stereocenters. The van der Waals surface area contributed by atoms with Crippen LogP contribution in [-0.2, 0) is 9.47 Å². The lowest BCUT2D eigenvalue weighted by Crippen LogP contribution is -2.14. The number of hydrogen-bond donors (Lipinski definition) is 0. The predicted molar refractivity (Wildman–Crippen MR) is 94.1 cm³/mol. The Morgan fingerprint density at radius 2 is 1.96 bits per heavy atom. The van der Waals surface area contributed by atoms with Gasteiger partial charge >= 0.3 is 5.97 Å². The molecule has 5 heteroatoms. The van der Waals surface area contributed by atoms with E-state index in [4.69, 9.17) is 18.9 Å². The zero-order valence-corrected chi connectivity index (χ0v) is 14.7. The minimum Gasteiger partial charge on any atom is -0.493 e. The SMILES string of the molecule is COC(=O)c1ccc(C)cc1-c1ccc(OC)c(OC2CCCO2)c1. The van der Waals surface area contributed by atoms with Crippen molar-refractivity contribution < 1.29 is 23.7 Å². The maximum absolute atomic E-state index is 12.1. The minimum absolute atomic E-state index is 0.262. The van der Waals surface area contributed by atoms with E-state index < -0.39 is 0 Å². The highest BCUT2D eigenvalue weighted by Crippen LogP contribution is 2.36. The van der Waals surface area contributed by atoms with Crippen molar-refractivity contribution in [2.24, 2.45) is 0 Å². The molecule has 2 aromatic carbocycles. The summed E-state index contributed by atoms with van der Waals surface area (Å²) in [6.45, 7) is 2.69. The highest BCUT2D eigenvalue weighted by atomic mass is 16.7. The van der Waals surface area contributed by atoms with E-state index in [2.05, 4.69) is 0 Å². The maximum Gasteiger partial charge on any atom is 0.338 e. The van der Waals surface area contributed by atoms with Crippen LogP contribution in [0.1, 0.15) is 28.8 Å². The van der Waals surface area contributed by atoms with Crippen LogP contribution >= 0.6 is 0 Å². The molecule has 25 heavy (non-hydrogen) atoms. The van der Waals surface area contributed by atoms with Crippen molar-refractivity contribution in [3.63, 3.8) is 0 Å². The monoisotopic (exact) mass is 342 g/mol. The average Bonchev–Trinajstić information content (AvgIpc) is 3.14. The number of esters is 1. The lowest BCUT2D eigenvalue weighted by Gasteiger charge is -2.17. The Hall–Kier alpha value is -2.53. The highest BCUT2D eigenvalue weighted by Gasteiger charge is 2.20. The van der Waals surface area contributed by atoms with Crippen LogP contribution in [0.2, 0.25) is 0 Å². The molecule has 1 fully saturated rings. The van der Waals surface area contributed by atoms with Gasteiger partial charge in [-0.25, -0.2) is 4.79 Å². The van der Waals surface area contributed by atoms with Gasteiger partial charge in [-0.05, 0) is 42.7 Å². The third kappa shape index (κ3) is 3.77. The fourth-order valence-electron chi connectivity index (χ4n) is 2.90. The normalized spacial score (nSPS) is 16.5. The second-order valence-corrected chi connectivity index (χ2v) is 5.97. The molecule has 0 radical (unpaired) electrons. The van der Waals surface area contributed by atoms with Crippen molar-refractivity contribution in [1.29, 1.82) is 0 Å². The van der Waals surface area contributed by atoms with Gasteiger partial charge in [0.15, 0.2) is 17.8 Å². The number of carbonyl (C=O) groups is 1. The number of ether oxygens (including phenoxy) is 4. The summed E-state index contributed by atoms with van der Waals surface area (Å²) >= 11 is 0. The van der Waals surface area contributed by atoms with Crippen molar-refractivity contribution in [3.05, 3.63) is 47.5 Å². The van der Waals surface area contributed by atoms with Gasteiger partial charge in [0.2, 0.25) is 0 Å². The second kappa shape index (κ2) is 7.57. The first-order chi connectivity index (χ1) is 12.1. The molecule has 1 saturated heterocycles. The van der Waals surface area contributed by atoms with Gasteiger partial charge in [0.05, 0.1) is 26.4 Å². The molecule has 2 aromatic rings. The molecule has 132 valence electrons. The van der Waals surface area contributed by atoms with Crippen LogP contribution in [0.4, 0.5) is 0 Å². The Kier molecular flexibility index (Phi) is 5.24. The predicted octanol–water partition coefficient (Wildman–Crippen LogP) is 3.97. The van der Waals surface area contributed by atoms with Crippen molar-refractivity contribution in [1.82, 2.24) is 0 Å². The summed E-state index contributed by atoms with van der Waals surface area (Å²) in [7, 11) is 2.98. The molecule has 0 saturated carbocycles. The smallest absolute Gasteiger partial charge is 0.338 e. The van der Waals surface area contributed by atoms with Crippen LogP contribution in [0.5, 0.6) is 11.5 Å². The third-order valence-corrected chi connectivity index (χ3v) is 4.20. The number of carbonyl (C=O) groups excluding carboxylic acids is 1. The van der Waals surface area contributed by atoms with E-state index in [1.807, 2.05) is 37.3 Å². The van der Waals surface area contributed by atoms with Crippen LogP contribution in [0.15, 0.2) is 36.4 Å². The van der Waals surface area contributed by atoms with E-state index in [0.717, 1.165) is 29.5 Å². The fourth-order valence-corrected chi connectivity index (χ4v) is 2.90. The first-order valence-electron chi connectivity index (χ1n) is 8.28. The molecule has 3 rings (SSSR count). The summed E-state index contributed by atoms with van der Waals surface area (Å²) in [6.07, 6.45) is 1.57. The zero-order valence-electron chi connectivity index (χ0n) is 14.7. The van der Waals surface area contributed by atoms with Crippen molar-refractivity contribution in [2.45, 2.75) is 26.1 Å². The number of methoxy groups -OCH3 is 2. The first kappa shape index (κ1) is 17.3. The quantitative estimate of drug-likeness (QED) is 0.770. The van der Waals surface area contributed by atoms with Gasteiger partial charge in [0, 0.05) is 6.42 Å². The van der Waals surface area contributed by atoms with Crippen molar-refractivity contribution in [3.8, 4) is 22.6 Å². The molecule has 1 aliphatic heterocycles. The number of hydrogen-bond acceptors (Lipinski definition) is 5. The van der Waals surface area contributed by atoms with E-state index in [1.165, 1.54) is 7.11 Å². The van der Waals surface area contributed by atoms with Gasteiger partial charge in [0.25, 0.3) is 0 Å². The summed E-state index contributed by atoms with van der Waals surface area (Å²) < 4.78 is 21.8. The van der Waals surface area contributed by atoms with Gasteiger partial charge in [-0.15, -0.1) is 0 Å². The molecule has 0 N–H and O–H groups in total. The molecule has 0 spiro atoms. The van der Waals surface area contributed by atoms with Gasteiger partial charge in [0.1, 0.15) is 0 Å². The molecule has 0 amide bonds. The largest absolute Gasteiger partial charge is 0.493 e. The summed E-state index contributed by atoms with van der Waals surface area (Å²) in [5.74, 6) is 0.864. The average molecular weight is 342 g/mol. The Balaban J connectivity index is 2.02. The van der Waals surface area contributed by atoms with Crippen molar-refractivity contribution in [2.75, 3.05) is 20.8 Å². The molecule has 1 aliphatic rings. The second-order valence-electron chi connectivity index (χ2n) is 5.97. The van der Waals surface area contributed by atoms with Gasteiger partial charge in [-0.2, -0.15) is 0 Å². The minimum atomic E-state index is -0.368. The van der Waals surface area contributed by atoms with Gasteiger partial charge in [-0.3, -0.25) is 0 Å². The molecule has 0 bridgehead atoms. The van der Waals surface area contributed by atoms with Crippen LogP contribution in [-0.4, -0.2) is 33.1 Å². The van der Waals surface area contributed by atoms with Crippen LogP contribution in [0.3, 0.4) is 0 Å².